The molecule has 0 bridgehead atoms. The molecule has 2 aromatic rings. The molecule has 1 amide bonds. The SMILES string of the molecule is O=C(NCc1ccc(CO)cc1)c1cc(Cl)ccc1Cl. The lowest BCUT2D eigenvalue weighted by Gasteiger charge is -2.08. The van der Waals surface area contributed by atoms with Crippen molar-refractivity contribution in [1.29, 1.82) is 0 Å². The topological polar surface area (TPSA) is 49.3 Å². The van der Waals surface area contributed by atoms with Gasteiger partial charge in [0, 0.05) is 11.6 Å². The van der Waals surface area contributed by atoms with E-state index in [0.29, 0.717) is 22.2 Å². The molecule has 5 heteroatoms. The van der Waals surface area contributed by atoms with Crippen LogP contribution in [0.3, 0.4) is 0 Å². The molecule has 104 valence electrons. The number of carbonyl (C=O) groups is 1. The van der Waals surface area contributed by atoms with Crippen LogP contribution in [0, 0.1) is 0 Å². The second kappa shape index (κ2) is 6.75. The van der Waals surface area contributed by atoms with Gasteiger partial charge in [0.1, 0.15) is 0 Å². The Kier molecular flexibility index (Phi) is 5.01. The third-order valence-electron chi connectivity index (χ3n) is 2.83. The second-order valence-electron chi connectivity index (χ2n) is 4.28. The van der Waals surface area contributed by atoms with Crippen molar-refractivity contribution in [2.75, 3.05) is 0 Å². The quantitative estimate of drug-likeness (QED) is 0.909. The smallest absolute Gasteiger partial charge is 0.253 e. The van der Waals surface area contributed by atoms with E-state index in [1.54, 1.807) is 12.1 Å². The lowest BCUT2D eigenvalue weighted by atomic mass is 10.1. The molecule has 0 saturated carbocycles. The highest BCUT2D eigenvalue weighted by Crippen LogP contribution is 2.20. The second-order valence-corrected chi connectivity index (χ2v) is 5.13. The first-order valence-electron chi connectivity index (χ1n) is 6.02. The average Bonchev–Trinajstić information content (AvgIpc) is 2.47. The summed E-state index contributed by atoms with van der Waals surface area (Å²) in [6.45, 7) is 0.387. The number of aliphatic hydroxyl groups is 1. The maximum absolute atomic E-state index is 12.0. The van der Waals surface area contributed by atoms with Crippen LogP contribution in [-0.4, -0.2) is 11.0 Å². The van der Waals surface area contributed by atoms with E-state index in [4.69, 9.17) is 28.3 Å². The molecule has 2 aromatic carbocycles. The van der Waals surface area contributed by atoms with Crippen LogP contribution >= 0.6 is 23.2 Å². The highest BCUT2D eigenvalue weighted by molar-refractivity contribution is 6.35. The monoisotopic (exact) mass is 309 g/mol. The third-order valence-corrected chi connectivity index (χ3v) is 3.40. The maximum Gasteiger partial charge on any atom is 0.253 e. The zero-order chi connectivity index (χ0) is 14.5. The molecule has 3 nitrogen and oxygen atoms in total. The summed E-state index contributed by atoms with van der Waals surface area (Å²) in [5, 5.41) is 12.6. The number of halogens is 2. The standard InChI is InChI=1S/C15H13Cl2NO2/c16-12-5-6-14(17)13(7-12)15(20)18-8-10-1-3-11(9-19)4-2-10/h1-7,19H,8-9H2,(H,18,20). The first-order chi connectivity index (χ1) is 9.60. The number of rotatable bonds is 4. The van der Waals surface area contributed by atoms with Crippen LogP contribution in [0.5, 0.6) is 0 Å². The summed E-state index contributed by atoms with van der Waals surface area (Å²) in [5.41, 5.74) is 2.12. The summed E-state index contributed by atoms with van der Waals surface area (Å²) in [7, 11) is 0. The molecule has 0 saturated heterocycles. The van der Waals surface area contributed by atoms with Crippen LogP contribution in [0.4, 0.5) is 0 Å². The van der Waals surface area contributed by atoms with E-state index in [0.717, 1.165) is 11.1 Å². The van der Waals surface area contributed by atoms with Gasteiger partial charge in [0.15, 0.2) is 0 Å². The number of amides is 1. The molecule has 0 unspecified atom stereocenters. The first kappa shape index (κ1) is 14.9. The Morgan fingerprint density at radius 2 is 1.70 bits per heavy atom. The Morgan fingerprint density at radius 1 is 1.05 bits per heavy atom. The summed E-state index contributed by atoms with van der Waals surface area (Å²) in [4.78, 5) is 12.0. The predicted molar refractivity (Wildman–Crippen MR) is 80.0 cm³/mol. The molecule has 0 atom stereocenters. The molecule has 0 aliphatic carbocycles. The summed E-state index contributed by atoms with van der Waals surface area (Å²) < 4.78 is 0. The first-order valence-corrected chi connectivity index (χ1v) is 6.77. The zero-order valence-corrected chi connectivity index (χ0v) is 12.1. The van der Waals surface area contributed by atoms with Gasteiger partial charge in [-0.05, 0) is 29.3 Å². The fourth-order valence-electron chi connectivity index (χ4n) is 1.71. The van der Waals surface area contributed by atoms with Crippen molar-refractivity contribution < 1.29 is 9.90 Å². The fourth-order valence-corrected chi connectivity index (χ4v) is 2.09. The zero-order valence-electron chi connectivity index (χ0n) is 10.6. The van der Waals surface area contributed by atoms with Gasteiger partial charge in [0.2, 0.25) is 0 Å². The van der Waals surface area contributed by atoms with Crippen LogP contribution in [0.1, 0.15) is 21.5 Å². The Labute approximate surface area is 127 Å². The van der Waals surface area contributed by atoms with E-state index < -0.39 is 0 Å². The minimum absolute atomic E-state index is 0.00472. The molecular formula is C15H13Cl2NO2. The van der Waals surface area contributed by atoms with Gasteiger partial charge in [0.25, 0.3) is 5.91 Å². The average molecular weight is 310 g/mol. The van der Waals surface area contributed by atoms with Crippen molar-refractivity contribution in [3.63, 3.8) is 0 Å². The largest absolute Gasteiger partial charge is 0.392 e. The van der Waals surface area contributed by atoms with E-state index >= 15 is 0 Å². The molecule has 0 fully saturated rings. The van der Waals surface area contributed by atoms with E-state index in [1.807, 2.05) is 24.3 Å². The number of nitrogens with one attached hydrogen (secondary N) is 1. The van der Waals surface area contributed by atoms with Crippen molar-refractivity contribution >= 4 is 29.1 Å². The molecule has 0 heterocycles. The number of hydrogen-bond acceptors (Lipinski definition) is 2. The lowest BCUT2D eigenvalue weighted by molar-refractivity contribution is 0.0951. The molecule has 0 radical (unpaired) electrons. The minimum Gasteiger partial charge on any atom is -0.392 e. The Balaban J connectivity index is 2.02. The van der Waals surface area contributed by atoms with Crippen molar-refractivity contribution in [3.05, 3.63) is 69.2 Å². The van der Waals surface area contributed by atoms with Crippen LogP contribution in [0.2, 0.25) is 10.0 Å². The van der Waals surface area contributed by atoms with Crippen molar-refractivity contribution in [1.82, 2.24) is 5.32 Å². The summed E-state index contributed by atoms with van der Waals surface area (Å²) in [6, 6.07) is 12.1. The molecule has 20 heavy (non-hydrogen) atoms. The van der Waals surface area contributed by atoms with Gasteiger partial charge in [-0.1, -0.05) is 47.5 Å². The normalized spacial score (nSPS) is 10.3. The summed E-state index contributed by atoms with van der Waals surface area (Å²) in [5.74, 6) is -0.274. The minimum atomic E-state index is -0.274. The van der Waals surface area contributed by atoms with Crippen LogP contribution in [0.15, 0.2) is 42.5 Å². The highest BCUT2D eigenvalue weighted by atomic mass is 35.5. The summed E-state index contributed by atoms with van der Waals surface area (Å²) >= 11 is 11.8. The van der Waals surface area contributed by atoms with Crippen molar-refractivity contribution in [3.8, 4) is 0 Å². The van der Waals surface area contributed by atoms with E-state index in [9.17, 15) is 4.79 Å². The molecule has 2 N–H and O–H groups in total. The molecule has 0 aromatic heterocycles. The van der Waals surface area contributed by atoms with Crippen LogP contribution < -0.4 is 5.32 Å². The van der Waals surface area contributed by atoms with Gasteiger partial charge < -0.3 is 10.4 Å². The molecular weight excluding hydrogens is 297 g/mol. The number of hydrogen-bond donors (Lipinski definition) is 2. The van der Waals surface area contributed by atoms with Gasteiger partial charge >= 0.3 is 0 Å². The van der Waals surface area contributed by atoms with Gasteiger partial charge in [-0.15, -0.1) is 0 Å². The van der Waals surface area contributed by atoms with Crippen LogP contribution in [0.25, 0.3) is 0 Å². The highest BCUT2D eigenvalue weighted by Gasteiger charge is 2.10. The van der Waals surface area contributed by atoms with E-state index in [-0.39, 0.29) is 12.5 Å². The fraction of sp³-hybridized carbons (Fsp3) is 0.133. The van der Waals surface area contributed by atoms with Crippen LogP contribution in [-0.2, 0) is 13.2 Å². The van der Waals surface area contributed by atoms with Gasteiger partial charge in [0.05, 0.1) is 17.2 Å². The number of benzene rings is 2. The van der Waals surface area contributed by atoms with Gasteiger partial charge in [-0.25, -0.2) is 0 Å². The lowest BCUT2D eigenvalue weighted by Crippen LogP contribution is -2.23. The molecule has 0 spiro atoms. The third kappa shape index (κ3) is 3.73. The van der Waals surface area contributed by atoms with E-state index in [1.165, 1.54) is 6.07 Å². The number of aliphatic hydroxyl groups excluding tert-OH is 1. The van der Waals surface area contributed by atoms with Gasteiger partial charge in [-0.3, -0.25) is 4.79 Å². The van der Waals surface area contributed by atoms with Crippen molar-refractivity contribution in [2.45, 2.75) is 13.2 Å². The molecule has 0 aliphatic heterocycles. The predicted octanol–water partition coefficient (Wildman–Crippen LogP) is 3.42. The van der Waals surface area contributed by atoms with E-state index in [2.05, 4.69) is 5.32 Å². The van der Waals surface area contributed by atoms with Gasteiger partial charge in [-0.2, -0.15) is 0 Å². The molecule has 0 aliphatic rings. The Hall–Kier alpha value is -1.55. The number of carbonyl (C=O) groups excluding carboxylic acids is 1. The maximum atomic E-state index is 12.0. The molecule has 2 rings (SSSR count). The van der Waals surface area contributed by atoms with Crippen molar-refractivity contribution in [2.24, 2.45) is 0 Å². The summed E-state index contributed by atoms with van der Waals surface area (Å²) in [6.07, 6.45) is 0. The Morgan fingerprint density at radius 3 is 2.35 bits per heavy atom. The Bertz CT molecular complexity index is 612.